The summed E-state index contributed by atoms with van der Waals surface area (Å²) in [6.45, 7) is 4.64. The van der Waals surface area contributed by atoms with Gasteiger partial charge in [0.2, 0.25) is 5.91 Å². The molecule has 2 rings (SSSR count). The van der Waals surface area contributed by atoms with E-state index >= 15 is 0 Å². The van der Waals surface area contributed by atoms with Gasteiger partial charge in [0.25, 0.3) is 0 Å². The predicted molar refractivity (Wildman–Crippen MR) is 62.3 cm³/mol. The van der Waals surface area contributed by atoms with E-state index in [1.54, 1.807) is 0 Å². The maximum atomic E-state index is 11.4. The fourth-order valence-corrected chi connectivity index (χ4v) is 2.42. The first-order valence-electron chi connectivity index (χ1n) is 6.45. The normalized spacial score (nSPS) is 26.4. The first kappa shape index (κ1) is 11.9. The molecule has 1 amide bonds. The minimum Gasteiger partial charge on any atom is -0.380 e. The lowest BCUT2D eigenvalue weighted by Gasteiger charge is -2.23. The molecular weight excluding hydrogens is 204 g/mol. The zero-order valence-corrected chi connectivity index (χ0v) is 9.91. The maximum absolute atomic E-state index is 11.4. The van der Waals surface area contributed by atoms with E-state index in [0.717, 1.165) is 52.1 Å². The van der Waals surface area contributed by atoms with Crippen LogP contribution in [0.4, 0.5) is 0 Å². The second-order valence-electron chi connectivity index (χ2n) is 4.71. The summed E-state index contributed by atoms with van der Waals surface area (Å²) in [6.07, 6.45) is 5.25. The van der Waals surface area contributed by atoms with Crippen molar-refractivity contribution in [1.29, 1.82) is 0 Å². The van der Waals surface area contributed by atoms with Gasteiger partial charge in [-0.3, -0.25) is 4.79 Å². The van der Waals surface area contributed by atoms with Crippen LogP contribution in [0, 0.1) is 0 Å². The molecule has 2 aliphatic rings. The number of ether oxygens (including phenoxy) is 1. The van der Waals surface area contributed by atoms with Crippen LogP contribution in [0.5, 0.6) is 0 Å². The van der Waals surface area contributed by atoms with Gasteiger partial charge in [0, 0.05) is 32.2 Å². The van der Waals surface area contributed by atoms with Gasteiger partial charge in [-0.25, -0.2) is 0 Å². The van der Waals surface area contributed by atoms with Crippen LogP contribution in [-0.2, 0) is 9.53 Å². The smallest absolute Gasteiger partial charge is 0.222 e. The van der Waals surface area contributed by atoms with Crippen molar-refractivity contribution in [1.82, 2.24) is 10.2 Å². The summed E-state index contributed by atoms with van der Waals surface area (Å²) in [5.41, 5.74) is 0. The van der Waals surface area contributed by atoms with E-state index in [0.29, 0.717) is 11.9 Å². The summed E-state index contributed by atoms with van der Waals surface area (Å²) in [4.78, 5) is 13.3. The molecule has 2 fully saturated rings. The zero-order chi connectivity index (χ0) is 11.2. The highest BCUT2D eigenvalue weighted by Gasteiger charge is 2.19. The molecule has 0 spiro atoms. The predicted octanol–water partition coefficient (Wildman–Crippen LogP) is 0.767. The Balaban J connectivity index is 1.52. The van der Waals surface area contributed by atoms with Crippen LogP contribution in [0.2, 0.25) is 0 Å². The van der Waals surface area contributed by atoms with Crippen molar-refractivity contribution in [3.63, 3.8) is 0 Å². The summed E-state index contributed by atoms with van der Waals surface area (Å²) in [7, 11) is 0. The van der Waals surface area contributed by atoms with Gasteiger partial charge in [-0.05, 0) is 32.2 Å². The van der Waals surface area contributed by atoms with Crippen LogP contribution in [-0.4, -0.2) is 49.7 Å². The molecule has 4 heteroatoms. The first-order valence-corrected chi connectivity index (χ1v) is 6.45. The van der Waals surface area contributed by atoms with Crippen molar-refractivity contribution in [2.45, 2.75) is 38.1 Å². The molecule has 2 saturated heterocycles. The van der Waals surface area contributed by atoms with E-state index < -0.39 is 0 Å². The van der Waals surface area contributed by atoms with Crippen LogP contribution < -0.4 is 5.32 Å². The van der Waals surface area contributed by atoms with Gasteiger partial charge in [-0.15, -0.1) is 0 Å². The van der Waals surface area contributed by atoms with Crippen LogP contribution in [0.3, 0.4) is 0 Å². The van der Waals surface area contributed by atoms with E-state index in [9.17, 15) is 4.79 Å². The Hall–Kier alpha value is -0.610. The largest absolute Gasteiger partial charge is 0.380 e. The van der Waals surface area contributed by atoms with Crippen LogP contribution >= 0.6 is 0 Å². The molecule has 0 bridgehead atoms. The lowest BCUT2D eigenvalue weighted by Crippen LogP contribution is -2.38. The number of hydrogen-bond acceptors (Lipinski definition) is 3. The molecule has 92 valence electrons. The lowest BCUT2D eigenvalue weighted by molar-refractivity contribution is -0.127. The van der Waals surface area contributed by atoms with Gasteiger partial charge in [0.1, 0.15) is 0 Å². The second kappa shape index (κ2) is 6.21. The topological polar surface area (TPSA) is 41.6 Å². The third-order valence-corrected chi connectivity index (χ3v) is 3.37. The molecule has 0 radical (unpaired) electrons. The van der Waals surface area contributed by atoms with Crippen LogP contribution in [0.25, 0.3) is 0 Å². The third-order valence-electron chi connectivity index (χ3n) is 3.37. The Labute approximate surface area is 97.3 Å². The van der Waals surface area contributed by atoms with Gasteiger partial charge in [-0.1, -0.05) is 0 Å². The van der Waals surface area contributed by atoms with E-state index in [1.807, 2.05) is 4.90 Å². The van der Waals surface area contributed by atoms with Crippen LogP contribution in [0.1, 0.15) is 32.1 Å². The average molecular weight is 226 g/mol. The Morgan fingerprint density at radius 1 is 1.44 bits per heavy atom. The van der Waals surface area contributed by atoms with Crippen molar-refractivity contribution in [3.8, 4) is 0 Å². The van der Waals surface area contributed by atoms with E-state index in [1.165, 1.54) is 12.8 Å². The minimum atomic E-state index is 0.334. The summed E-state index contributed by atoms with van der Waals surface area (Å²) < 4.78 is 5.40. The van der Waals surface area contributed by atoms with Crippen molar-refractivity contribution in [2.75, 3.05) is 32.8 Å². The maximum Gasteiger partial charge on any atom is 0.222 e. The molecule has 1 N–H and O–H groups in total. The van der Waals surface area contributed by atoms with Gasteiger partial charge < -0.3 is 15.0 Å². The highest BCUT2D eigenvalue weighted by Crippen LogP contribution is 2.10. The average Bonchev–Trinajstić information content (AvgIpc) is 2.72. The van der Waals surface area contributed by atoms with E-state index in [2.05, 4.69) is 5.32 Å². The molecule has 0 saturated carbocycles. The molecule has 2 aliphatic heterocycles. The highest BCUT2D eigenvalue weighted by molar-refractivity contribution is 5.77. The molecule has 1 unspecified atom stereocenters. The summed E-state index contributed by atoms with van der Waals surface area (Å²) >= 11 is 0. The molecule has 4 nitrogen and oxygen atoms in total. The number of carbonyl (C=O) groups is 1. The van der Waals surface area contributed by atoms with Crippen molar-refractivity contribution in [2.24, 2.45) is 0 Å². The summed E-state index contributed by atoms with van der Waals surface area (Å²) in [6, 6.07) is 0.531. The highest BCUT2D eigenvalue weighted by atomic mass is 16.5. The Kier molecular flexibility index (Phi) is 4.60. The van der Waals surface area contributed by atoms with Gasteiger partial charge in [0.15, 0.2) is 0 Å². The number of carbonyl (C=O) groups excluding carboxylic acids is 1. The number of rotatable bonds is 5. The summed E-state index contributed by atoms with van der Waals surface area (Å²) in [5.74, 6) is 0.334. The fraction of sp³-hybridized carbons (Fsp3) is 0.917. The number of nitrogens with one attached hydrogen (secondary N) is 1. The molecule has 0 aliphatic carbocycles. The standard InChI is InChI=1S/C12H22N2O2/c15-12-5-1-7-14(12)8-3-6-13-11-4-2-9-16-10-11/h11,13H,1-10H2. The molecule has 0 aromatic heterocycles. The lowest BCUT2D eigenvalue weighted by atomic mass is 10.1. The van der Waals surface area contributed by atoms with Gasteiger partial charge >= 0.3 is 0 Å². The SMILES string of the molecule is O=C1CCCN1CCCNC1CCCOC1. The van der Waals surface area contributed by atoms with Crippen molar-refractivity contribution < 1.29 is 9.53 Å². The summed E-state index contributed by atoms with van der Waals surface area (Å²) in [5, 5.41) is 3.50. The first-order chi connectivity index (χ1) is 7.86. The third kappa shape index (κ3) is 3.46. The number of amides is 1. The number of hydrogen-bond donors (Lipinski definition) is 1. The molecule has 2 heterocycles. The molecule has 1 atom stereocenters. The minimum absolute atomic E-state index is 0.334. The Bertz CT molecular complexity index is 227. The Morgan fingerprint density at radius 2 is 2.38 bits per heavy atom. The van der Waals surface area contributed by atoms with Crippen molar-refractivity contribution >= 4 is 5.91 Å². The van der Waals surface area contributed by atoms with E-state index in [4.69, 9.17) is 4.74 Å². The van der Waals surface area contributed by atoms with E-state index in [-0.39, 0.29) is 0 Å². The molecule has 0 aromatic rings. The molecular formula is C12H22N2O2. The Morgan fingerprint density at radius 3 is 3.06 bits per heavy atom. The quantitative estimate of drug-likeness (QED) is 0.704. The number of likely N-dealkylation sites (tertiary alicyclic amines) is 1. The molecule has 0 aromatic carbocycles. The number of nitrogens with zero attached hydrogens (tertiary/aromatic N) is 1. The second-order valence-corrected chi connectivity index (χ2v) is 4.71. The fourth-order valence-electron chi connectivity index (χ4n) is 2.42. The molecule has 16 heavy (non-hydrogen) atoms. The van der Waals surface area contributed by atoms with Crippen molar-refractivity contribution in [3.05, 3.63) is 0 Å². The van der Waals surface area contributed by atoms with Gasteiger partial charge in [-0.2, -0.15) is 0 Å². The zero-order valence-electron chi connectivity index (χ0n) is 9.91. The van der Waals surface area contributed by atoms with Gasteiger partial charge in [0.05, 0.1) is 6.61 Å². The monoisotopic (exact) mass is 226 g/mol. The van der Waals surface area contributed by atoms with Crippen LogP contribution in [0.15, 0.2) is 0 Å².